The molecule has 1 aromatic carbocycles. The first-order valence-corrected chi connectivity index (χ1v) is 6.63. The Morgan fingerprint density at radius 2 is 2.10 bits per heavy atom. The Labute approximate surface area is 119 Å². The van der Waals surface area contributed by atoms with E-state index in [9.17, 15) is 9.59 Å². The van der Waals surface area contributed by atoms with Crippen LogP contribution in [0.4, 0.5) is 10.5 Å². The summed E-state index contributed by atoms with van der Waals surface area (Å²) in [6.45, 7) is 2.46. The monoisotopic (exact) mass is 278 g/mol. The minimum Gasteiger partial charge on any atom is -0.370 e. The summed E-state index contributed by atoms with van der Waals surface area (Å²) >= 11 is 0. The normalized spacial score (nSPS) is 11.7. The highest BCUT2D eigenvalue weighted by Gasteiger charge is 2.05. The lowest BCUT2D eigenvalue weighted by Crippen LogP contribution is -2.30. The molecule has 0 spiro atoms. The predicted octanol–water partition coefficient (Wildman–Crippen LogP) is 1.35. The molecule has 5 N–H and O–H groups in total. The van der Waals surface area contributed by atoms with Crippen molar-refractivity contribution in [2.24, 2.45) is 5.73 Å². The number of benzene rings is 1. The number of nitrogens with two attached hydrogens (primary N) is 1. The summed E-state index contributed by atoms with van der Waals surface area (Å²) in [7, 11) is 1.89. The second-order valence-corrected chi connectivity index (χ2v) is 4.59. The maximum absolute atomic E-state index is 11.7. The van der Waals surface area contributed by atoms with Gasteiger partial charge in [0.2, 0.25) is 5.91 Å². The third-order valence-corrected chi connectivity index (χ3v) is 2.96. The van der Waals surface area contributed by atoms with Gasteiger partial charge in [0, 0.05) is 24.7 Å². The lowest BCUT2D eigenvalue weighted by molar-refractivity contribution is -0.118. The molecule has 0 heterocycles. The molecular formula is C14H22N4O2. The van der Waals surface area contributed by atoms with Crippen molar-refractivity contribution in [2.75, 3.05) is 18.9 Å². The summed E-state index contributed by atoms with van der Waals surface area (Å²) in [5, 5.41) is 8.57. The Morgan fingerprint density at radius 1 is 1.35 bits per heavy atom. The molecule has 3 amide bonds. The summed E-state index contributed by atoms with van der Waals surface area (Å²) in [5.74, 6) is -0.360. The first-order valence-electron chi connectivity index (χ1n) is 6.63. The van der Waals surface area contributed by atoms with Crippen molar-refractivity contribution in [3.05, 3.63) is 29.8 Å². The van der Waals surface area contributed by atoms with Crippen LogP contribution in [0.25, 0.3) is 0 Å². The Balaban J connectivity index is 2.43. The van der Waals surface area contributed by atoms with Crippen LogP contribution >= 0.6 is 0 Å². The first-order chi connectivity index (χ1) is 9.52. The minimum atomic E-state index is -0.360. The molecule has 0 aliphatic heterocycles. The van der Waals surface area contributed by atoms with E-state index in [1.54, 1.807) is 0 Å². The molecule has 0 aromatic heterocycles. The smallest absolute Gasteiger partial charge is 0.319 e. The molecule has 0 radical (unpaired) electrons. The van der Waals surface area contributed by atoms with Crippen LogP contribution < -0.4 is 21.7 Å². The van der Waals surface area contributed by atoms with Crippen molar-refractivity contribution in [3.63, 3.8) is 0 Å². The van der Waals surface area contributed by atoms with Crippen LogP contribution in [-0.2, 0) is 4.79 Å². The fourth-order valence-electron chi connectivity index (χ4n) is 1.69. The summed E-state index contributed by atoms with van der Waals surface area (Å²) in [5.41, 5.74) is 6.85. The highest BCUT2D eigenvalue weighted by Crippen LogP contribution is 2.16. The lowest BCUT2D eigenvalue weighted by atomic mass is 10.1. The Morgan fingerprint density at radius 3 is 2.75 bits per heavy atom. The third kappa shape index (κ3) is 5.71. The van der Waals surface area contributed by atoms with Crippen LogP contribution in [0.1, 0.15) is 31.4 Å². The molecular weight excluding hydrogens is 256 g/mol. The molecule has 6 nitrogen and oxygen atoms in total. The Bertz CT molecular complexity index is 462. The van der Waals surface area contributed by atoms with E-state index >= 15 is 0 Å². The maximum Gasteiger partial charge on any atom is 0.319 e. The number of hydrogen-bond donors (Lipinski definition) is 4. The summed E-state index contributed by atoms with van der Waals surface area (Å²) in [6.07, 6.45) is 0.815. The average Bonchev–Trinajstić information content (AvgIpc) is 2.43. The van der Waals surface area contributed by atoms with Crippen LogP contribution in [0.15, 0.2) is 24.3 Å². The molecule has 0 fully saturated rings. The zero-order valence-electron chi connectivity index (χ0n) is 11.9. The molecule has 1 aromatic rings. The van der Waals surface area contributed by atoms with Crippen LogP contribution in [0.3, 0.4) is 0 Å². The van der Waals surface area contributed by atoms with Crippen molar-refractivity contribution in [2.45, 2.75) is 25.8 Å². The summed E-state index contributed by atoms with van der Waals surface area (Å²) < 4.78 is 0. The molecule has 0 aliphatic rings. The van der Waals surface area contributed by atoms with E-state index in [0.29, 0.717) is 13.0 Å². The van der Waals surface area contributed by atoms with Gasteiger partial charge in [0.05, 0.1) is 0 Å². The quantitative estimate of drug-likeness (QED) is 0.567. The second-order valence-electron chi connectivity index (χ2n) is 4.59. The zero-order chi connectivity index (χ0) is 15.0. The number of hydrogen-bond acceptors (Lipinski definition) is 3. The van der Waals surface area contributed by atoms with Crippen LogP contribution in [0.2, 0.25) is 0 Å². The van der Waals surface area contributed by atoms with E-state index < -0.39 is 0 Å². The highest BCUT2D eigenvalue weighted by molar-refractivity contribution is 5.89. The zero-order valence-corrected chi connectivity index (χ0v) is 11.9. The fraction of sp³-hybridized carbons (Fsp3) is 0.429. The van der Waals surface area contributed by atoms with Crippen LogP contribution in [0.5, 0.6) is 0 Å². The van der Waals surface area contributed by atoms with E-state index in [1.807, 2.05) is 38.2 Å². The van der Waals surface area contributed by atoms with Gasteiger partial charge in [0.1, 0.15) is 0 Å². The fourth-order valence-corrected chi connectivity index (χ4v) is 1.69. The third-order valence-electron chi connectivity index (χ3n) is 2.96. The topological polar surface area (TPSA) is 96.2 Å². The minimum absolute atomic E-state index is 0.218. The molecule has 0 saturated heterocycles. The Hall–Kier alpha value is -2.08. The number of nitrogens with one attached hydrogen (secondary N) is 3. The lowest BCUT2D eigenvalue weighted by Gasteiger charge is -2.13. The average molecular weight is 278 g/mol. The number of primary amides is 1. The molecule has 1 atom stereocenters. The van der Waals surface area contributed by atoms with Crippen molar-refractivity contribution in [1.82, 2.24) is 10.6 Å². The van der Waals surface area contributed by atoms with Crippen molar-refractivity contribution < 1.29 is 9.59 Å². The van der Waals surface area contributed by atoms with Gasteiger partial charge in [-0.15, -0.1) is 0 Å². The standard InChI is InChI=1S/C14H22N4O2/c1-10(16-2)11-5-3-6-12(9-11)18-14(20)17-8-4-7-13(15)19/h3,5-6,9-10,16H,4,7-8H2,1-2H3,(H2,15,19)(H2,17,18,20). The van der Waals surface area contributed by atoms with Crippen molar-refractivity contribution >= 4 is 17.6 Å². The SMILES string of the molecule is CNC(C)c1cccc(NC(=O)NCCCC(N)=O)c1. The van der Waals surface area contributed by atoms with Crippen molar-refractivity contribution in [1.29, 1.82) is 0 Å². The molecule has 1 unspecified atom stereocenters. The molecule has 0 saturated carbocycles. The highest BCUT2D eigenvalue weighted by atomic mass is 16.2. The maximum atomic E-state index is 11.7. The number of amides is 3. The number of carbonyl (C=O) groups excluding carboxylic acids is 2. The van der Waals surface area contributed by atoms with Crippen LogP contribution in [-0.4, -0.2) is 25.5 Å². The van der Waals surface area contributed by atoms with Gasteiger partial charge >= 0.3 is 6.03 Å². The molecule has 20 heavy (non-hydrogen) atoms. The number of rotatable bonds is 7. The molecule has 0 aliphatic carbocycles. The van der Waals surface area contributed by atoms with E-state index in [1.165, 1.54) is 0 Å². The van der Waals surface area contributed by atoms with E-state index in [-0.39, 0.29) is 24.4 Å². The molecule has 110 valence electrons. The first kappa shape index (κ1) is 16.0. The van der Waals surface area contributed by atoms with E-state index in [2.05, 4.69) is 16.0 Å². The number of urea groups is 1. The van der Waals surface area contributed by atoms with Gasteiger partial charge in [0.25, 0.3) is 0 Å². The van der Waals surface area contributed by atoms with E-state index in [4.69, 9.17) is 5.73 Å². The summed E-state index contributed by atoms with van der Waals surface area (Å²) in [4.78, 5) is 22.2. The van der Waals surface area contributed by atoms with Crippen molar-refractivity contribution in [3.8, 4) is 0 Å². The predicted molar refractivity (Wildman–Crippen MR) is 79.4 cm³/mol. The van der Waals surface area contributed by atoms with Gasteiger partial charge in [-0.05, 0) is 38.1 Å². The van der Waals surface area contributed by atoms with Gasteiger partial charge in [-0.2, -0.15) is 0 Å². The molecule has 6 heteroatoms. The Kier molecular flexibility index (Phi) is 6.52. The number of anilines is 1. The molecule has 0 bridgehead atoms. The van der Waals surface area contributed by atoms with Gasteiger partial charge in [0.15, 0.2) is 0 Å². The summed E-state index contributed by atoms with van der Waals surface area (Å²) in [6, 6.07) is 7.57. The van der Waals surface area contributed by atoms with E-state index in [0.717, 1.165) is 11.3 Å². The van der Waals surface area contributed by atoms with Gasteiger partial charge < -0.3 is 21.7 Å². The largest absolute Gasteiger partial charge is 0.370 e. The van der Waals surface area contributed by atoms with Crippen LogP contribution in [0, 0.1) is 0 Å². The molecule has 1 rings (SSSR count). The van der Waals surface area contributed by atoms with Gasteiger partial charge in [-0.1, -0.05) is 12.1 Å². The number of carbonyl (C=O) groups is 2. The second kappa shape index (κ2) is 8.16. The van der Waals surface area contributed by atoms with Gasteiger partial charge in [-0.3, -0.25) is 4.79 Å². The van der Waals surface area contributed by atoms with Gasteiger partial charge in [-0.25, -0.2) is 4.79 Å².